The number of fused-ring (bicyclic) bond motifs is 2. The minimum absolute atomic E-state index is 0.298. The van der Waals surface area contributed by atoms with Crippen LogP contribution >= 0.6 is 0 Å². The fraction of sp³-hybridized carbons (Fsp3) is 0.0476. The number of H-pyrrole nitrogens is 3. The molecule has 0 aliphatic carbocycles. The summed E-state index contributed by atoms with van der Waals surface area (Å²) >= 11 is 0. The van der Waals surface area contributed by atoms with Crippen molar-refractivity contribution < 1.29 is 9.53 Å². The Morgan fingerprint density at radius 3 is 2.63 bits per heavy atom. The summed E-state index contributed by atoms with van der Waals surface area (Å²) in [5.41, 5.74) is 3.82. The molecule has 3 heterocycles. The molecule has 5 aromatic rings. The molecule has 2 aromatic carbocycles. The van der Waals surface area contributed by atoms with Gasteiger partial charge in [-0.15, -0.1) is 0 Å². The van der Waals surface area contributed by atoms with E-state index < -0.39 is 0 Å². The highest BCUT2D eigenvalue weighted by Crippen LogP contribution is 2.24. The first-order valence-corrected chi connectivity index (χ1v) is 9.14. The first-order valence-electron chi connectivity index (χ1n) is 9.14. The Balaban J connectivity index is 1.50. The molecular formula is C21H16N6O3. The first-order chi connectivity index (χ1) is 14.6. The zero-order valence-electron chi connectivity index (χ0n) is 15.8. The smallest absolute Gasteiger partial charge is 0.323 e. The zero-order chi connectivity index (χ0) is 20.7. The van der Waals surface area contributed by atoms with Gasteiger partial charge in [0, 0.05) is 11.8 Å². The number of methoxy groups -OCH3 is 1. The number of para-hydroxylation sites is 1. The van der Waals surface area contributed by atoms with E-state index in [4.69, 9.17) is 4.74 Å². The van der Waals surface area contributed by atoms with Crippen LogP contribution in [0.4, 0.5) is 5.69 Å². The largest absolute Gasteiger partial charge is 0.481 e. The van der Waals surface area contributed by atoms with Gasteiger partial charge in [-0.05, 0) is 36.4 Å². The van der Waals surface area contributed by atoms with E-state index in [9.17, 15) is 9.59 Å². The van der Waals surface area contributed by atoms with Gasteiger partial charge >= 0.3 is 5.69 Å². The fourth-order valence-electron chi connectivity index (χ4n) is 3.31. The average molecular weight is 400 g/mol. The molecule has 3 aromatic heterocycles. The van der Waals surface area contributed by atoms with Crippen LogP contribution in [-0.4, -0.2) is 37.9 Å². The lowest BCUT2D eigenvalue weighted by molar-refractivity contribution is 0.102. The molecule has 0 fully saturated rings. The number of amides is 1. The third kappa shape index (κ3) is 3.08. The summed E-state index contributed by atoms with van der Waals surface area (Å²) in [5, 5.41) is 2.85. The number of hydrogen-bond acceptors (Lipinski definition) is 5. The number of carbonyl (C=O) groups is 1. The number of carbonyl (C=O) groups excluding carboxylic acids is 1. The molecule has 9 nitrogen and oxygen atoms in total. The highest BCUT2D eigenvalue weighted by atomic mass is 16.5. The van der Waals surface area contributed by atoms with Crippen molar-refractivity contribution in [1.29, 1.82) is 0 Å². The van der Waals surface area contributed by atoms with E-state index in [0.29, 0.717) is 50.7 Å². The van der Waals surface area contributed by atoms with Crippen molar-refractivity contribution in [2.75, 3.05) is 12.4 Å². The van der Waals surface area contributed by atoms with Crippen LogP contribution in [0.2, 0.25) is 0 Å². The second-order valence-electron chi connectivity index (χ2n) is 6.65. The van der Waals surface area contributed by atoms with Crippen molar-refractivity contribution in [2.45, 2.75) is 0 Å². The number of aromatic amines is 3. The van der Waals surface area contributed by atoms with Crippen LogP contribution < -0.4 is 15.7 Å². The summed E-state index contributed by atoms with van der Waals surface area (Å²) in [6.07, 6.45) is 0. The lowest BCUT2D eigenvalue weighted by atomic mass is 10.1. The van der Waals surface area contributed by atoms with Crippen molar-refractivity contribution in [3.05, 3.63) is 70.6 Å². The third-order valence-corrected chi connectivity index (χ3v) is 4.71. The summed E-state index contributed by atoms with van der Waals surface area (Å²) < 4.78 is 5.17. The second-order valence-corrected chi connectivity index (χ2v) is 6.65. The number of nitrogens with zero attached hydrogens (tertiary/aromatic N) is 2. The molecule has 5 rings (SSSR count). The van der Waals surface area contributed by atoms with E-state index in [0.717, 1.165) is 0 Å². The van der Waals surface area contributed by atoms with Gasteiger partial charge in [-0.2, -0.15) is 0 Å². The molecule has 0 saturated carbocycles. The SMILES string of the molecule is COc1cccc(-c2nc3c(C(=O)Nc4ccc5[nH]c(=O)[nH]c5c4)cccc3[nH]2)n1. The predicted molar refractivity (Wildman–Crippen MR) is 113 cm³/mol. The van der Waals surface area contributed by atoms with E-state index >= 15 is 0 Å². The molecule has 0 aliphatic heterocycles. The molecular weight excluding hydrogens is 384 g/mol. The van der Waals surface area contributed by atoms with Gasteiger partial charge in [0.25, 0.3) is 5.91 Å². The van der Waals surface area contributed by atoms with Crippen LogP contribution in [0.25, 0.3) is 33.6 Å². The number of ether oxygens (including phenoxy) is 1. The Bertz CT molecular complexity index is 1460. The third-order valence-electron chi connectivity index (χ3n) is 4.71. The van der Waals surface area contributed by atoms with Crippen molar-refractivity contribution in [3.63, 3.8) is 0 Å². The number of anilines is 1. The van der Waals surface area contributed by atoms with Crippen LogP contribution in [0.3, 0.4) is 0 Å². The van der Waals surface area contributed by atoms with Crippen molar-refractivity contribution in [2.24, 2.45) is 0 Å². The topological polar surface area (TPSA) is 129 Å². The first kappa shape index (κ1) is 17.7. The number of hydrogen-bond donors (Lipinski definition) is 4. The van der Waals surface area contributed by atoms with Gasteiger partial charge in [-0.1, -0.05) is 12.1 Å². The molecule has 0 unspecified atom stereocenters. The molecule has 0 spiro atoms. The minimum atomic E-state index is -0.311. The standard InChI is InChI=1S/C21H16N6O3/c1-30-17-7-3-6-15(23-17)19-24-14-5-2-4-12(18(14)27-19)20(28)22-11-8-9-13-16(10-11)26-21(29)25-13/h2-10H,1H3,(H,22,28)(H,24,27)(H2,25,26,29). The fourth-order valence-corrected chi connectivity index (χ4v) is 3.31. The van der Waals surface area contributed by atoms with Gasteiger partial charge < -0.3 is 25.0 Å². The number of rotatable bonds is 4. The highest BCUT2D eigenvalue weighted by Gasteiger charge is 2.16. The van der Waals surface area contributed by atoms with Crippen molar-refractivity contribution in [3.8, 4) is 17.4 Å². The van der Waals surface area contributed by atoms with Crippen LogP contribution in [0, 0.1) is 0 Å². The van der Waals surface area contributed by atoms with Gasteiger partial charge in [-0.3, -0.25) is 4.79 Å². The van der Waals surface area contributed by atoms with Gasteiger partial charge in [-0.25, -0.2) is 14.8 Å². The summed E-state index contributed by atoms with van der Waals surface area (Å²) in [5.74, 6) is 0.703. The Kier molecular flexibility index (Phi) is 4.06. The average Bonchev–Trinajstić information content (AvgIpc) is 3.35. The predicted octanol–water partition coefficient (Wildman–Crippen LogP) is 3.06. The molecule has 0 radical (unpaired) electrons. The lowest BCUT2D eigenvalue weighted by Crippen LogP contribution is -2.12. The monoisotopic (exact) mass is 400 g/mol. The van der Waals surface area contributed by atoms with Crippen LogP contribution in [0.15, 0.2) is 59.4 Å². The van der Waals surface area contributed by atoms with Crippen molar-refractivity contribution >= 4 is 33.7 Å². The summed E-state index contributed by atoms with van der Waals surface area (Å²) in [7, 11) is 1.55. The maximum atomic E-state index is 12.9. The van der Waals surface area contributed by atoms with E-state index in [1.807, 2.05) is 18.2 Å². The number of nitrogens with one attached hydrogen (secondary N) is 4. The summed E-state index contributed by atoms with van der Waals surface area (Å²) in [6.45, 7) is 0. The van der Waals surface area contributed by atoms with Gasteiger partial charge in [0.1, 0.15) is 11.2 Å². The molecule has 0 atom stereocenters. The van der Waals surface area contributed by atoms with Gasteiger partial charge in [0.05, 0.1) is 29.2 Å². The van der Waals surface area contributed by atoms with Crippen LogP contribution in [0.1, 0.15) is 10.4 Å². The maximum Gasteiger partial charge on any atom is 0.323 e. The molecule has 0 saturated heterocycles. The van der Waals surface area contributed by atoms with E-state index in [1.165, 1.54) is 0 Å². The zero-order valence-corrected chi connectivity index (χ0v) is 15.8. The molecule has 1 amide bonds. The number of benzene rings is 2. The van der Waals surface area contributed by atoms with Gasteiger partial charge in [0.15, 0.2) is 5.82 Å². The number of imidazole rings is 2. The summed E-state index contributed by atoms with van der Waals surface area (Å²) in [4.78, 5) is 41.9. The minimum Gasteiger partial charge on any atom is -0.481 e. The molecule has 148 valence electrons. The van der Waals surface area contributed by atoms with E-state index in [2.05, 4.69) is 30.2 Å². The Morgan fingerprint density at radius 2 is 1.77 bits per heavy atom. The van der Waals surface area contributed by atoms with Crippen LogP contribution in [-0.2, 0) is 0 Å². The Labute approximate surface area is 169 Å². The normalized spacial score (nSPS) is 11.1. The van der Waals surface area contributed by atoms with Crippen molar-refractivity contribution in [1.82, 2.24) is 24.9 Å². The van der Waals surface area contributed by atoms with E-state index in [-0.39, 0.29) is 11.6 Å². The quantitative estimate of drug-likeness (QED) is 0.369. The lowest BCUT2D eigenvalue weighted by Gasteiger charge is -2.06. The summed E-state index contributed by atoms with van der Waals surface area (Å²) in [6, 6.07) is 15.9. The molecule has 0 aliphatic rings. The number of aromatic nitrogens is 5. The maximum absolute atomic E-state index is 12.9. The second kappa shape index (κ2) is 6.89. The van der Waals surface area contributed by atoms with E-state index in [1.54, 1.807) is 43.5 Å². The highest BCUT2D eigenvalue weighted by molar-refractivity contribution is 6.12. The van der Waals surface area contributed by atoms with Crippen LogP contribution in [0.5, 0.6) is 5.88 Å². The molecule has 0 bridgehead atoms. The molecule has 4 N–H and O–H groups in total. The Morgan fingerprint density at radius 1 is 0.933 bits per heavy atom. The molecule has 9 heteroatoms. The van der Waals surface area contributed by atoms with Gasteiger partial charge in [0.2, 0.25) is 5.88 Å². The number of pyridine rings is 1. The Hall–Kier alpha value is -4.40. The molecule has 30 heavy (non-hydrogen) atoms.